The van der Waals surface area contributed by atoms with Crippen LogP contribution in [0.25, 0.3) is 0 Å². The van der Waals surface area contributed by atoms with Crippen molar-refractivity contribution >= 4 is 17.3 Å². The molecule has 0 saturated carbocycles. The Morgan fingerprint density at radius 1 is 1.07 bits per heavy atom. The van der Waals surface area contributed by atoms with E-state index in [9.17, 15) is 5.11 Å². The van der Waals surface area contributed by atoms with Crippen LogP contribution >= 0.6 is 11.6 Å². The second-order valence-electron chi connectivity index (χ2n) is 7.25. The second kappa shape index (κ2) is 8.27. The molecule has 3 aromatic carbocycles. The number of nitrogens with one attached hydrogen (secondary N) is 1. The van der Waals surface area contributed by atoms with Crippen LogP contribution < -0.4 is 10.1 Å². The van der Waals surface area contributed by atoms with Gasteiger partial charge < -0.3 is 9.84 Å². The van der Waals surface area contributed by atoms with Crippen molar-refractivity contribution in [3.63, 3.8) is 0 Å². The lowest BCUT2D eigenvalue weighted by atomic mass is 9.93. The van der Waals surface area contributed by atoms with Crippen LogP contribution in [0.4, 0.5) is 0 Å². The number of nitrogens with zero attached hydrogens (tertiary/aromatic N) is 1. The molecule has 1 aliphatic heterocycles. The Labute approximate surface area is 175 Å². The molecule has 1 aliphatic rings. The highest BCUT2D eigenvalue weighted by Crippen LogP contribution is 2.36. The highest BCUT2D eigenvalue weighted by Gasteiger charge is 2.28. The van der Waals surface area contributed by atoms with Crippen LogP contribution in [0.5, 0.6) is 11.5 Å². The Morgan fingerprint density at radius 3 is 2.62 bits per heavy atom. The number of halogens is 1. The summed E-state index contributed by atoms with van der Waals surface area (Å²) >= 11 is 6.21. The summed E-state index contributed by atoms with van der Waals surface area (Å²) < 4.78 is 5.39. The minimum absolute atomic E-state index is 0.126. The molecule has 0 unspecified atom stereocenters. The molecular formula is C24H23ClN2O2. The molecule has 0 amide bonds. The summed E-state index contributed by atoms with van der Waals surface area (Å²) in [6, 6.07) is 21.3. The van der Waals surface area contributed by atoms with Crippen molar-refractivity contribution in [3.05, 3.63) is 94.0 Å². The zero-order valence-corrected chi connectivity index (χ0v) is 17.1. The van der Waals surface area contributed by atoms with E-state index in [1.165, 1.54) is 5.56 Å². The molecule has 0 saturated heterocycles. The fourth-order valence-electron chi connectivity index (χ4n) is 3.61. The van der Waals surface area contributed by atoms with Gasteiger partial charge in [0.2, 0.25) is 0 Å². The monoisotopic (exact) mass is 406 g/mol. The zero-order valence-electron chi connectivity index (χ0n) is 16.4. The minimum Gasteiger partial charge on any atom is -0.508 e. The van der Waals surface area contributed by atoms with Crippen LogP contribution in [-0.2, 0) is 0 Å². The first kappa shape index (κ1) is 19.5. The van der Waals surface area contributed by atoms with Gasteiger partial charge in [0, 0.05) is 28.8 Å². The van der Waals surface area contributed by atoms with Crippen molar-refractivity contribution in [2.24, 2.45) is 4.99 Å². The number of methoxy groups -OCH3 is 1. The summed E-state index contributed by atoms with van der Waals surface area (Å²) in [5.74, 6) is 1.01. The maximum Gasteiger partial charge on any atom is 0.126 e. The normalized spacial score (nSPS) is 18.9. The van der Waals surface area contributed by atoms with E-state index in [0.717, 1.165) is 28.2 Å². The predicted molar refractivity (Wildman–Crippen MR) is 117 cm³/mol. The summed E-state index contributed by atoms with van der Waals surface area (Å²) in [5.41, 5.74) is 5.00. The SMILES string of the molecule is COc1cccc(C2=N[C@@H](c3ccc(C)cc3)N[C@H](c3cc(Cl)ccc3O)C2)c1. The third-order valence-electron chi connectivity index (χ3n) is 5.20. The Hall–Kier alpha value is -2.82. The van der Waals surface area contributed by atoms with Gasteiger partial charge in [-0.1, -0.05) is 53.6 Å². The zero-order chi connectivity index (χ0) is 20.4. The van der Waals surface area contributed by atoms with Gasteiger partial charge in [-0.25, -0.2) is 0 Å². The molecule has 0 fully saturated rings. The highest BCUT2D eigenvalue weighted by molar-refractivity contribution is 6.30. The summed E-state index contributed by atoms with van der Waals surface area (Å²) in [6.07, 6.45) is 0.401. The van der Waals surface area contributed by atoms with Gasteiger partial charge in [-0.15, -0.1) is 0 Å². The average molecular weight is 407 g/mol. The van der Waals surface area contributed by atoms with Gasteiger partial charge in [0.15, 0.2) is 0 Å². The predicted octanol–water partition coefficient (Wildman–Crippen LogP) is 5.59. The summed E-state index contributed by atoms with van der Waals surface area (Å²) in [4.78, 5) is 4.99. The van der Waals surface area contributed by atoms with Gasteiger partial charge in [0.1, 0.15) is 17.7 Å². The molecule has 29 heavy (non-hydrogen) atoms. The van der Waals surface area contributed by atoms with Gasteiger partial charge in [0.05, 0.1) is 7.11 Å². The Kier molecular flexibility index (Phi) is 5.56. The first-order chi connectivity index (χ1) is 14.0. The molecule has 4 rings (SSSR count). The standard InChI is InChI=1S/C24H23ClN2O2/c1-15-6-8-16(9-7-15)24-26-21(17-4-3-5-19(12-17)29-2)14-22(27-24)20-13-18(25)10-11-23(20)28/h3-13,22,24,27-28H,14H2,1-2H3/t22-,24+/m0/s1. The summed E-state index contributed by atoms with van der Waals surface area (Å²) in [6.45, 7) is 2.07. The van der Waals surface area contributed by atoms with Crippen LogP contribution in [0.3, 0.4) is 0 Å². The molecule has 5 heteroatoms. The van der Waals surface area contributed by atoms with E-state index in [1.54, 1.807) is 19.2 Å². The third-order valence-corrected chi connectivity index (χ3v) is 5.44. The lowest BCUT2D eigenvalue weighted by molar-refractivity contribution is 0.411. The summed E-state index contributed by atoms with van der Waals surface area (Å²) in [5, 5.41) is 14.6. The second-order valence-corrected chi connectivity index (χ2v) is 7.68. The molecule has 0 aromatic heterocycles. The molecule has 2 atom stereocenters. The van der Waals surface area contributed by atoms with Crippen LogP contribution in [0.15, 0.2) is 71.7 Å². The maximum absolute atomic E-state index is 10.5. The number of aliphatic imine (C=N–C) groups is 1. The van der Waals surface area contributed by atoms with Crippen molar-refractivity contribution in [1.82, 2.24) is 5.32 Å². The van der Waals surface area contributed by atoms with E-state index in [1.807, 2.05) is 30.3 Å². The number of hydrogen-bond acceptors (Lipinski definition) is 4. The average Bonchev–Trinajstić information content (AvgIpc) is 2.75. The number of phenolic OH excluding ortho intramolecular Hbond substituents is 1. The maximum atomic E-state index is 10.5. The topological polar surface area (TPSA) is 53.8 Å². The highest BCUT2D eigenvalue weighted by atomic mass is 35.5. The fraction of sp³-hybridized carbons (Fsp3) is 0.208. The van der Waals surface area contributed by atoms with E-state index in [2.05, 4.69) is 36.5 Å². The van der Waals surface area contributed by atoms with Crippen molar-refractivity contribution in [1.29, 1.82) is 0 Å². The van der Waals surface area contributed by atoms with Gasteiger partial charge >= 0.3 is 0 Å². The number of phenols is 1. The molecule has 0 bridgehead atoms. The lowest BCUT2D eigenvalue weighted by Gasteiger charge is -2.31. The van der Waals surface area contributed by atoms with E-state index in [-0.39, 0.29) is 18.0 Å². The molecule has 1 heterocycles. The molecule has 2 N–H and O–H groups in total. The van der Waals surface area contributed by atoms with Gasteiger partial charge in [-0.05, 0) is 48.4 Å². The Morgan fingerprint density at radius 2 is 1.86 bits per heavy atom. The molecule has 0 spiro atoms. The molecule has 0 aliphatic carbocycles. The molecule has 3 aromatic rings. The van der Waals surface area contributed by atoms with Crippen molar-refractivity contribution < 1.29 is 9.84 Å². The third kappa shape index (κ3) is 4.29. The Balaban J connectivity index is 1.77. The number of aromatic hydroxyl groups is 1. The molecule has 4 nitrogen and oxygen atoms in total. The molecular weight excluding hydrogens is 384 g/mol. The number of ether oxygens (including phenoxy) is 1. The van der Waals surface area contributed by atoms with Crippen LogP contribution in [0, 0.1) is 6.92 Å². The van der Waals surface area contributed by atoms with E-state index >= 15 is 0 Å². The number of rotatable bonds is 4. The number of benzene rings is 3. The van der Waals surface area contributed by atoms with E-state index in [0.29, 0.717) is 11.4 Å². The van der Waals surface area contributed by atoms with E-state index in [4.69, 9.17) is 21.3 Å². The largest absolute Gasteiger partial charge is 0.508 e. The van der Waals surface area contributed by atoms with Gasteiger partial charge in [-0.3, -0.25) is 10.3 Å². The van der Waals surface area contributed by atoms with Crippen molar-refractivity contribution in [2.75, 3.05) is 7.11 Å². The van der Waals surface area contributed by atoms with Crippen molar-refractivity contribution in [3.8, 4) is 11.5 Å². The summed E-state index contributed by atoms with van der Waals surface area (Å²) in [7, 11) is 1.66. The van der Waals surface area contributed by atoms with Crippen LogP contribution in [-0.4, -0.2) is 17.9 Å². The first-order valence-electron chi connectivity index (χ1n) is 9.55. The van der Waals surface area contributed by atoms with Crippen LogP contribution in [0.1, 0.15) is 40.9 Å². The molecule has 148 valence electrons. The Bertz CT molecular complexity index is 1050. The smallest absolute Gasteiger partial charge is 0.126 e. The van der Waals surface area contributed by atoms with Gasteiger partial charge in [0.25, 0.3) is 0 Å². The van der Waals surface area contributed by atoms with E-state index < -0.39 is 0 Å². The number of hydrogen-bond donors (Lipinski definition) is 2. The first-order valence-corrected chi connectivity index (χ1v) is 9.93. The minimum atomic E-state index is -0.228. The molecule has 0 radical (unpaired) electrons. The quantitative estimate of drug-likeness (QED) is 0.594. The van der Waals surface area contributed by atoms with Gasteiger partial charge in [-0.2, -0.15) is 0 Å². The van der Waals surface area contributed by atoms with Crippen molar-refractivity contribution in [2.45, 2.75) is 25.6 Å². The van der Waals surface area contributed by atoms with Crippen LogP contribution in [0.2, 0.25) is 5.02 Å². The fourth-order valence-corrected chi connectivity index (χ4v) is 3.79. The number of aryl methyl sites for hydroxylation is 1. The lowest BCUT2D eigenvalue weighted by Crippen LogP contribution is -2.33.